The average molecular weight is 341 g/mol. The van der Waals surface area contributed by atoms with E-state index >= 15 is 0 Å². The van der Waals surface area contributed by atoms with Gasteiger partial charge in [-0.25, -0.2) is 4.98 Å². The van der Waals surface area contributed by atoms with Gasteiger partial charge >= 0.3 is 0 Å². The summed E-state index contributed by atoms with van der Waals surface area (Å²) in [7, 11) is 0. The van der Waals surface area contributed by atoms with E-state index in [1.165, 1.54) is 6.42 Å². The van der Waals surface area contributed by atoms with E-state index in [1.54, 1.807) is 12.3 Å². The molecule has 0 spiro atoms. The fourth-order valence-corrected chi connectivity index (χ4v) is 3.89. The average Bonchev–Trinajstić information content (AvgIpc) is 3.17. The molecule has 0 radical (unpaired) electrons. The van der Waals surface area contributed by atoms with E-state index in [1.807, 2.05) is 26.0 Å². The number of rotatable bonds is 5. The number of benzene rings is 1. The molecule has 2 bridgehead atoms. The van der Waals surface area contributed by atoms with Crippen LogP contribution in [0.5, 0.6) is 11.6 Å². The second-order valence-electron chi connectivity index (χ2n) is 7.22. The first kappa shape index (κ1) is 16.1. The Kier molecular flexibility index (Phi) is 4.00. The molecule has 132 valence electrons. The van der Waals surface area contributed by atoms with E-state index in [0.29, 0.717) is 29.2 Å². The number of amides is 1. The largest absolute Gasteiger partial charge is 0.490 e. The Hall–Kier alpha value is -2.34. The van der Waals surface area contributed by atoms with Gasteiger partial charge in [-0.15, -0.1) is 0 Å². The molecule has 4 rings (SSSR count). The first-order chi connectivity index (χ1) is 12.0. The predicted octanol–water partition coefficient (Wildman–Crippen LogP) is 2.25. The second-order valence-corrected chi connectivity index (χ2v) is 7.22. The fraction of sp³-hybridized carbons (Fsp3) is 0.474. The summed E-state index contributed by atoms with van der Waals surface area (Å²) in [6.45, 7) is 4.91. The quantitative estimate of drug-likeness (QED) is 0.871. The lowest BCUT2D eigenvalue weighted by atomic mass is 10.1. The molecule has 1 aromatic carbocycles. The molecule has 1 aromatic heterocycles. The SMILES string of the molecule is CC(C)Oc1cc2c(O[C@H]3C[C@@H]4CN[C@H]3C4)nccc2cc1C(N)=O. The molecular formula is C19H23N3O3. The van der Waals surface area contributed by atoms with Gasteiger partial charge in [0.15, 0.2) is 0 Å². The number of ether oxygens (including phenoxy) is 2. The van der Waals surface area contributed by atoms with Crippen LogP contribution in [0.2, 0.25) is 0 Å². The maximum Gasteiger partial charge on any atom is 0.252 e. The lowest BCUT2D eigenvalue weighted by Crippen LogP contribution is -2.40. The monoisotopic (exact) mass is 341 g/mol. The van der Waals surface area contributed by atoms with E-state index in [2.05, 4.69) is 10.3 Å². The smallest absolute Gasteiger partial charge is 0.252 e. The molecule has 2 aromatic rings. The molecule has 6 heteroatoms. The van der Waals surface area contributed by atoms with Gasteiger partial charge in [-0.05, 0) is 62.7 Å². The third-order valence-electron chi connectivity index (χ3n) is 4.99. The summed E-state index contributed by atoms with van der Waals surface area (Å²) >= 11 is 0. The molecule has 1 aliphatic heterocycles. The third kappa shape index (κ3) is 3.02. The van der Waals surface area contributed by atoms with Crippen LogP contribution in [0.15, 0.2) is 24.4 Å². The number of hydrogen-bond acceptors (Lipinski definition) is 5. The van der Waals surface area contributed by atoms with Crippen LogP contribution in [0.1, 0.15) is 37.0 Å². The Labute approximate surface area is 146 Å². The van der Waals surface area contributed by atoms with Gasteiger partial charge in [-0.3, -0.25) is 4.79 Å². The standard InChI is InChI=1S/C19H23N3O3/c1-10(2)24-16-8-13-12(7-14(16)18(20)23)3-4-21-19(13)25-17-6-11-5-15(17)22-9-11/h3-4,7-8,10-11,15,17,22H,5-6,9H2,1-2H3,(H2,20,23)/t11-,15+,17+/m1/s1. The van der Waals surface area contributed by atoms with Gasteiger partial charge in [-0.2, -0.15) is 0 Å². The Balaban J connectivity index is 1.73. The van der Waals surface area contributed by atoms with Gasteiger partial charge in [0.2, 0.25) is 5.88 Å². The summed E-state index contributed by atoms with van der Waals surface area (Å²) in [5.74, 6) is 1.25. The number of primary amides is 1. The number of piperidine rings is 1. The van der Waals surface area contributed by atoms with Gasteiger partial charge in [0.1, 0.15) is 11.9 Å². The van der Waals surface area contributed by atoms with Crippen LogP contribution in [0.3, 0.4) is 0 Å². The zero-order valence-corrected chi connectivity index (χ0v) is 14.5. The van der Waals surface area contributed by atoms with Crippen LogP contribution in [0, 0.1) is 5.92 Å². The highest BCUT2D eigenvalue weighted by atomic mass is 16.5. The Morgan fingerprint density at radius 1 is 1.36 bits per heavy atom. The maximum atomic E-state index is 11.8. The van der Waals surface area contributed by atoms with E-state index < -0.39 is 5.91 Å². The van der Waals surface area contributed by atoms with Crippen molar-refractivity contribution in [3.05, 3.63) is 30.0 Å². The number of aromatic nitrogens is 1. The number of nitrogens with two attached hydrogens (primary N) is 1. The van der Waals surface area contributed by atoms with E-state index in [-0.39, 0.29) is 12.2 Å². The van der Waals surface area contributed by atoms with Gasteiger partial charge < -0.3 is 20.5 Å². The van der Waals surface area contributed by atoms with Crippen molar-refractivity contribution >= 4 is 16.7 Å². The molecule has 2 fully saturated rings. The molecule has 1 amide bonds. The first-order valence-corrected chi connectivity index (χ1v) is 8.80. The van der Waals surface area contributed by atoms with Crippen molar-refractivity contribution in [2.45, 2.75) is 44.9 Å². The molecule has 1 aliphatic carbocycles. The van der Waals surface area contributed by atoms with Crippen molar-refractivity contribution in [3.63, 3.8) is 0 Å². The molecule has 0 unspecified atom stereocenters. The van der Waals surface area contributed by atoms with Crippen LogP contribution in [0.25, 0.3) is 10.8 Å². The minimum absolute atomic E-state index is 0.0636. The molecule has 1 saturated carbocycles. The van der Waals surface area contributed by atoms with Crippen LogP contribution >= 0.6 is 0 Å². The Morgan fingerprint density at radius 2 is 2.20 bits per heavy atom. The molecular weight excluding hydrogens is 318 g/mol. The van der Waals surface area contributed by atoms with Crippen molar-refractivity contribution in [1.29, 1.82) is 0 Å². The third-order valence-corrected chi connectivity index (χ3v) is 4.99. The number of carbonyl (C=O) groups is 1. The molecule has 6 nitrogen and oxygen atoms in total. The minimum Gasteiger partial charge on any atom is -0.490 e. The van der Waals surface area contributed by atoms with Crippen LogP contribution in [-0.2, 0) is 0 Å². The fourth-order valence-electron chi connectivity index (χ4n) is 3.89. The number of carbonyl (C=O) groups excluding carboxylic acids is 1. The number of fused-ring (bicyclic) bond motifs is 3. The molecule has 1 saturated heterocycles. The van der Waals surface area contributed by atoms with Crippen LogP contribution in [0.4, 0.5) is 0 Å². The number of pyridine rings is 1. The van der Waals surface area contributed by atoms with Crippen molar-refractivity contribution in [1.82, 2.24) is 10.3 Å². The zero-order valence-electron chi connectivity index (χ0n) is 14.5. The Morgan fingerprint density at radius 3 is 2.84 bits per heavy atom. The number of nitrogens with zero attached hydrogens (tertiary/aromatic N) is 1. The van der Waals surface area contributed by atoms with E-state index in [4.69, 9.17) is 15.2 Å². The summed E-state index contributed by atoms with van der Waals surface area (Å²) in [5, 5.41) is 5.20. The van der Waals surface area contributed by atoms with Gasteiger partial charge in [-0.1, -0.05) is 0 Å². The highest BCUT2D eigenvalue weighted by Gasteiger charge is 2.41. The van der Waals surface area contributed by atoms with Crippen molar-refractivity contribution in [3.8, 4) is 11.6 Å². The molecule has 2 heterocycles. The zero-order chi connectivity index (χ0) is 17.6. The summed E-state index contributed by atoms with van der Waals surface area (Å²) in [5.41, 5.74) is 5.89. The topological polar surface area (TPSA) is 86.5 Å². The Bertz CT molecular complexity index is 821. The first-order valence-electron chi connectivity index (χ1n) is 8.80. The summed E-state index contributed by atoms with van der Waals surface area (Å²) in [4.78, 5) is 16.2. The lowest BCUT2D eigenvalue weighted by Gasteiger charge is -2.24. The predicted molar refractivity (Wildman–Crippen MR) is 95.0 cm³/mol. The van der Waals surface area contributed by atoms with Crippen molar-refractivity contribution in [2.24, 2.45) is 11.7 Å². The lowest BCUT2D eigenvalue weighted by molar-refractivity contribution is 0.0994. The van der Waals surface area contributed by atoms with E-state index in [0.717, 1.165) is 23.7 Å². The maximum absolute atomic E-state index is 11.8. The van der Waals surface area contributed by atoms with Crippen molar-refractivity contribution < 1.29 is 14.3 Å². The van der Waals surface area contributed by atoms with Crippen LogP contribution < -0.4 is 20.5 Å². The molecule has 3 N–H and O–H groups in total. The highest BCUT2D eigenvalue weighted by Crippen LogP contribution is 2.36. The van der Waals surface area contributed by atoms with Gasteiger partial charge in [0, 0.05) is 17.6 Å². The van der Waals surface area contributed by atoms with Gasteiger partial charge in [0.25, 0.3) is 5.91 Å². The molecule has 25 heavy (non-hydrogen) atoms. The van der Waals surface area contributed by atoms with Crippen molar-refractivity contribution in [2.75, 3.05) is 6.54 Å². The summed E-state index contributed by atoms with van der Waals surface area (Å²) in [6, 6.07) is 5.83. The summed E-state index contributed by atoms with van der Waals surface area (Å²) in [6.07, 6.45) is 4.01. The number of nitrogens with one attached hydrogen (secondary N) is 1. The van der Waals surface area contributed by atoms with Crippen LogP contribution in [-0.4, -0.2) is 35.7 Å². The molecule has 3 atom stereocenters. The second kappa shape index (κ2) is 6.19. The molecule has 2 aliphatic rings. The van der Waals surface area contributed by atoms with E-state index in [9.17, 15) is 4.79 Å². The summed E-state index contributed by atoms with van der Waals surface area (Å²) < 4.78 is 12.0. The highest BCUT2D eigenvalue weighted by molar-refractivity contribution is 6.01. The number of hydrogen-bond donors (Lipinski definition) is 2. The normalized spacial score (nSPS) is 24.8. The van der Waals surface area contributed by atoms with Gasteiger partial charge in [0.05, 0.1) is 11.7 Å². The minimum atomic E-state index is -0.505.